The number of carbonyl (C=O) groups excluding carboxylic acids is 1. The van der Waals surface area contributed by atoms with Crippen LogP contribution in [-0.2, 0) is 4.74 Å². The smallest absolute Gasteiger partial charge is 0.341 e. The fraction of sp³-hybridized carbons (Fsp3) is 0.125. The number of nitrogens with zero attached hydrogens (tertiary/aromatic N) is 3. The van der Waals surface area contributed by atoms with Gasteiger partial charge >= 0.3 is 5.97 Å². The number of hydrogen-bond donors (Lipinski definition) is 0. The van der Waals surface area contributed by atoms with E-state index in [0.717, 1.165) is 0 Å². The Labute approximate surface area is 84.3 Å². The number of carbonyl (C=O) groups is 1. The number of rotatable bonds is 1. The number of halogens is 1. The van der Waals surface area contributed by atoms with Gasteiger partial charge in [0.2, 0.25) is 0 Å². The minimum Gasteiger partial charge on any atom is -0.465 e. The molecule has 6 heteroatoms. The maximum absolute atomic E-state index is 11.3. The summed E-state index contributed by atoms with van der Waals surface area (Å²) in [6.07, 6.45) is 3.08. The van der Waals surface area contributed by atoms with Crippen molar-refractivity contribution in [1.29, 1.82) is 0 Å². The summed E-state index contributed by atoms with van der Waals surface area (Å²) in [5.41, 5.74) is 0.735. The molecule has 2 heterocycles. The molecule has 2 aromatic rings. The fourth-order valence-electron chi connectivity index (χ4n) is 1.16. The van der Waals surface area contributed by atoms with Crippen molar-refractivity contribution in [2.45, 2.75) is 0 Å². The summed E-state index contributed by atoms with van der Waals surface area (Å²) in [4.78, 5) is 11.3. The van der Waals surface area contributed by atoms with Crippen LogP contribution in [0.1, 0.15) is 10.4 Å². The number of pyridine rings is 1. The van der Waals surface area contributed by atoms with Crippen molar-refractivity contribution in [2.75, 3.05) is 7.11 Å². The number of ether oxygens (including phenoxy) is 1. The molecule has 0 unspecified atom stereocenters. The van der Waals surface area contributed by atoms with Crippen LogP contribution >= 0.6 is 11.6 Å². The maximum atomic E-state index is 11.3. The van der Waals surface area contributed by atoms with Gasteiger partial charge in [-0.1, -0.05) is 11.6 Å². The molecule has 0 radical (unpaired) electrons. The van der Waals surface area contributed by atoms with Gasteiger partial charge in [-0.15, -0.1) is 10.2 Å². The summed E-state index contributed by atoms with van der Waals surface area (Å²) in [5, 5.41) is 7.88. The lowest BCUT2D eigenvalue weighted by molar-refractivity contribution is 0.0602. The van der Waals surface area contributed by atoms with Gasteiger partial charge in [-0.2, -0.15) is 0 Å². The summed E-state index contributed by atoms with van der Waals surface area (Å²) in [6.45, 7) is 0. The number of fused-ring (bicyclic) bond motifs is 1. The van der Waals surface area contributed by atoms with Crippen LogP contribution in [0, 0.1) is 0 Å². The summed E-state index contributed by atoms with van der Waals surface area (Å²) in [5.74, 6) is -0.481. The van der Waals surface area contributed by atoms with Crippen molar-refractivity contribution in [1.82, 2.24) is 14.6 Å². The van der Waals surface area contributed by atoms with E-state index in [2.05, 4.69) is 14.9 Å². The Morgan fingerprint density at radius 3 is 3.14 bits per heavy atom. The molecule has 14 heavy (non-hydrogen) atoms. The molecule has 2 aromatic heterocycles. The first-order valence-corrected chi connectivity index (χ1v) is 4.17. The van der Waals surface area contributed by atoms with Gasteiger partial charge < -0.3 is 4.74 Å². The zero-order chi connectivity index (χ0) is 10.1. The van der Waals surface area contributed by atoms with Crippen molar-refractivity contribution >= 4 is 23.2 Å². The zero-order valence-corrected chi connectivity index (χ0v) is 8.02. The Bertz CT molecular complexity index is 494. The third-order valence-electron chi connectivity index (χ3n) is 1.76. The predicted molar refractivity (Wildman–Crippen MR) is 49.3 cm³/mol. The highest BCUT2D eigenvalue weighted by molar-refractivity contribution is 6.31. The summed E-state index contributed by atoms with van der Waals surface area (Å²) >= 11 is 5.80. The number of hydrogen-bond acceptors (Lipinski definition) is 4. The Balaban J connectivity index is 2.72. The molecule has 0 aliphatic rings. The second-order valence-corrected chi connectivity index (χ2v) is 3.06. The molecule has 0 bridgehead atoms. The molecule has 0 saturated heterocycles. The lowest BCUT2D eigenvalue weighted by Crippen LogP contribution is -2.04. The van der Waals surface area contributed by atoms with E-state index in [4.69, 9.17) is 11.6 Å². The normalized spacial score (nSPS) is 10.4. The minimum atomic E-state index is -0.481. The van der Waals surface area contributed by atoms with Crippen molar-refractivity contribution in [3.63, 3.8) is 0 Å². The highest BCUT2D eigenvalue weighted by Crippen LogP contribution is 2.15. The SMILES string of the molecule is COC(=O)c1cc(Cl)cn2cnnc12. The quantitative estimate of drug-likeness (QED) is 0.665. The van der Waals surface area contributed by atoms with E-state index in [1.54, 1.807) is 10.6 Å². The second-order valence-electron chi connectivity index (χ2n) is 2.63. The van der Waals surface area contributed by atoms with Gasteiger partial charge in [0.15, 0.2) is 5.65 Å². The van der Waals surface area contributed by atoms with Crippen LogP contribution in [-0.4, -0.2) is 27.7 Å². The van der Waals surface area contributed by atoms with Crippen LogP contribution in [0.3, 0.4) is 0 Å². The van der Waals surface area contributed by atoms with Gasteiger partial charge in [0, 0.05) is 6.20 Å². The van der Waals surface area contributed by atoms with E-state index in [1.165, 1.54) is 19.5 Å². The Morgan fingerprint density at radius 1 is 1.64 bits per heavy atom. The van der Waals surface area contributed by atoms with Gasteiger partial charge in [-0.05, 0) is 6.07 Å². The first kappa shape index (κ1) is 8.96. The van der Waals surface area contributed by atoms with Crippen molar-refractivity contribution in [3.05, 3.63) is 29.2 Å². The molecule has 0 spiro atoms. The maximum Gasteiger partial charge on any atom is 0.341 e. The molecule has 0 atom stereocenters. The van der Waals surface area contributed by atoms with Crippen LogP contribution in [0.5, 0.6) is 0 Å². The van der Waals surface area contributed by atoms with Gasteiger partial charge in [0.1, 0.15) is 11.9 Å². The molecule has 2 rings (SSSR count). The van der Waals surface area contributed by atoms with Crippen molar-refractivity contribution in [3.8, 4) is 0 Å². The van der Waals surface area contributed by atoms with E-state index in [1.807, 2.05) is 0 Å². The first-order valence-electron chi connectivity index (χ1n) is 3.79. The topological polar surface area (TPSA) is 56.5 Å². The molecule has 0 amide bonds. The molecular weight excluding hydrogens is 206 g/mol. The summed E-state index contributed by atoms with van der Waals surface area (Å²) in [7, 11) is 1.30. The largest absolute Gasteiger partial charge is 0.465 e. The Hall–Kier alpha value is -1.62. The van der Waals surface area contributed by atoms with E-state index < -0.39 is 5.97 Å². The molecule has 0 saturated carbocycles. The Morgan fingerprint density at radius 2 is 2.43 bits per heavy atom. The third kappa shape index (κ3) is 1.31. The number of aromatic nitrogens is 3. The molecule has 5 nitrogen and oxygen atoms in total. The molecule has 0 aliphatic heterocycles. The number of methoxy groups -OCH3 is 1. The molecular formula is C8H6ClN3O2. The molecule has 72 valence electrons. The zero-order valence-electron chi connectivity index (χ0n) is 7.27. The highest BCUT2D eigenvalue weighted by Gasteiger charge is 2.13. The molecule has 0 aliphatic carbocycles. The predicted octanol–water partition coefficient (Wildman–Crippen LogP) is 1.17. The second kappa shape index (κ2) is 3.26. The van der Waals surface area contributed by atoms with Crippen LogP contribution in [0.4, 0.5) is 0 Å². The summed E-state index contributed by atoms with van der Waals surface area (Å²) < 4.78 is 6.15. The average molecular weight is 212 g/mol. The van der Waals surface area contributed by atoms with Crippen molar-refractivity contribution < 1.29 is 9.53 Å². The highest BCUT2D eigenvalue weighted by atomic mass is 35.5. The molecule has 0 aromatic carbocycles. The monoisotopic (exact) mass is 211 g/mol. The van der Waals surface area contributed by atoms with E-state index in [-0.39, 0.29) is 0 Å². The van der Waals surface area contributed by atoms with Crippen LogP contribution in [0.2, 0.25) is 5.02 Å². The summed E-state index contributed by atoms with van der Waals surface area (Å²) in [6, 6.07) is 1.50. The molecule has 0 N–H and O–H groups in total. The van der Waals surface area contributed by atoms with Gasteiger partial charge in [-0.3, -0.25) is 4.40 Å². The van der Waals surface area contributed by atoms with Crippen molar-refractivity contribution in [2.24, 2.45) is 0 Å². The minimum absolute atomic E-state index is 0.303. The van der Waals surface area contributed by atoms with E-state index in [0.29, 0.717) is 16.2 Å². The lowest BCUT2D eigenvalue weighted by Gasteiger charge is -2.01. The lowest BCUT2D eigenvalue weighted by atomic mass is 10.3. The average Bonchev–Trinajstić information content (AvgIpc) is 2.62. The van der Waals surface area contributed by atoms with E-state index in [9.17, 15) is 4.79 Å². The molecule has 0 fully saturated rings. The fourth-order valence-corrected chi connectivity index (χ4v) is 1.38. The van der Waals surface area contributed by atoms with E-state index >= 15 is 0 Å². The van der Waals surface area contributed by atoms with Crippen LogP contribution in [0.15, 0.2) is 18.6 Å². The standard InChI is InChI=1S/C8H6ClN3O2/c1-14-8(13)6-2-5(9)3-12-4-10-11-7(6)12/h2-4H,1H3. The third-order valence-corrected chi connectivity index (χ3v) is 1.97. The first-order chi connectivity index (χ1) is 6.72. The van der Waals surface area contributed by atoms with Crippen LogP contribution < -0.4 is 0 Å². The van der Waals surface area contributed by atoms with Crippen LogP contribution in [0.25, 0.3) is 5.65 Å². The number of esters is 1. The van der Waals surface area contributed by atoms with Gasteiger partial charge in [-0.25, -0.2) is 4.79 Å². The Kier molecular flexibility index (Phi) is 2.09. The van der Waals surface area contributed by atoms with Gasteiger partial charge in [0.25, 0.3) is 0 Å². The van der Waals surface area contributed by atoms with Gasteiger partial charge in [0.05, 0.1) is 12.1 Å².